The van der Waals surface area contributed by atoms with Gasteiger partial charge in [0.2, 0.25) is 5.90 Å². The van der Waals surface area contributed by atoms with Crippen molar-refractivity contribution in [2.45, 2.75) is 13.5 Å². The Morgan fingerprint density at radius 1 is 1.19 bits per heavy atom. The number of ether oxygens (including phenoxy) is 3. The van der Waals surface area contributed by atoms with Gasteiger partial charge in [-0.05, 0) is 77.0 Å². The van der Waals surface area contributed by atoms with Gasteiger partial charge in [-0.15, -0.1) is 0 Å². The van der Waals surface area contributed by atoms with Crippen molar-refractivity contribution in [3.8, 4) is 11.5 Å². The molecule has 184 valence electrons. The van der Waals surface area contributed by atoms with Crippen LogP contribution in [-0.4, -0.2) is 23.4 Å². The van der Waals surface area contributed by atoms with Crippen LogP contribution in [-0.2, 0) is 16.1 Å². The van der Waals surface area contributed by atoms with E-state index < -0.39 is 10.9 Å². The minimum atomic E-state index is -0.699. The molecule has 0 N–H and O–H groups in total. The first-order valence-corrected chi connectivity index (χ1v) is 12.8. The van der Waals surface area contributed by atoms with Crippen LogP contribution in [0, 0.1) is 13.7 Å². The van der Waals surface area contributed by atoms with Gasteiger partial charge in [0, 0.05) is 16.6 Å². The van der Waals surface area contributed by atoms with Gasteiger partial charge in [0.05, 0.1) is 25.7 Å². The minimum absolute atomic E-state index is 0.0219. The van der Waals surface area contributed by atoms with E-state index in [1.54, 1.807) is 12.1 Å². The van der Waals surface area contributed by atoms with Crippen LogP contribution in [0.3, 0.4) is 0 Å². The summed E-state index contributed by atoms with van der Waals surface area (Å²) in [4.78, 5) is 27.3. The van der Waals surface area contributed by atoms with Crippen LogP contribution in [0.4, 0.5) is 5.69 Å². The molecule has 0 atom stereocenters. The minimum Gasteiger partial charge on any atom is -0.490 e. The highest BCUT2D eigenvalue weighted by Crippen LogP contribution is 2.36. The zero-order valence-electron chi connectivity index (χ0n) is 18.7. The summed E-state index contributed by atoms with van der Waals surface area (Å²) in [5.74, 6) is 0.300. The van der Waals surface area contributed by atoms with Gasteiger partial charge in [0.25, 0.3) is 5.69 Å². The molecule has 11 heteroatoms. The Hall–Kier alpha value is -2.96. The Morgan fingerprint density at radius 2 is 2.00 bits per heavy atom. The number of aliphatic imine (C=N–C) groups is 1. The summed E-state index contributed by atoms with van der Waals surface area (Å²) >= 11 is 11.8. The smallest absolute Gasteiger partial charge is 0.363 e. The molecule has 0 bridgehead atoms. The van der Waals surface area contributed by atoms with Crippen molar-refractivity contribution in [1.29, 1.82) is 0 Å². The molecule has 0 aromatic heterocycles. The topological polar surface area (TPSA) is 100 Å². The molecule has 0 saturated carbocycles. The molecule has 1 aliphatic heterocycles. The average Bonchev–Trinajstić information content (AvgIpc) is 3.18. The van der Waals surface area contributed by atoms with Crippen molar-refractivity contribution < 1.29 is 23.9 Å². The Balaban J connectivity index is 1.64. The normalized spacial score (nSPS) is 13.9. The molecular weight excluding hydrogens is 667 g/mol. The van der Waals surface area contributed by atoms with Crippen LogP contribution >= 0.6 is 50.1 Å². The number of esters is 1. The summed E-state index contributed by atoms with van der Waals surface area (Å²) in [6.07, 6.45) is 1.55. The van der Waals surface area contributed by atoms with E-state index in [1.807, 2.05) is 37.3 Å². The third-order valence-electron chi connectivity index (χ3n) is 4.92. The lowest BCUT2D eigenvalue weighted by Gasteiger charge is -2.15. The fraction of sp³-hybridized carbons (Fsp3) is 0.120. The molecule has 0 saturated heterocycles. The van der Waals surface area contributed by atoms with E-state index in [2.05, 4.69) is 43.5 Å². The lowest BCUT2D eigenvalue weighted by atomic mass is 10.1. The Labute approximate surface area is 233 Å². The van der Waals surface area contributed by atoms with E-state index in [-0.39, 0.29) is 27.9 Å². The number of hydrogen-bond acceptors (Lipinski definition) is 7. The van der Waals surface area contributed by atoms with E-state index in [0.717, 1.165) is 13.6 Å². The van der Waals surface area contributed by atoms with Gasteiger partial charge in [0.1, 0.15) is 6.61 Å². The molecule has 0 spiro atoms. The van der Waals surface area contributed by atoms with Crippen LogP contribution in [0.1, 0.15) is 23.6 Å². The van der Waals surface area contributed by atoms with Crippen molar-refractivity contribution in [1.82, 2.24) is 0 Å². The van der Waals surface area contributed by atoms with E-state index in [4.69, 9.17) is 25.8 Å². The second kappa shape index (κ2) is 11.4. The first-order valence-electron chi connectivity index (χ1n) is 10.6. The molecule has 0 radical (unpaired) electrons. The maximum Gasteiger partial charge on any atom is 0.363 e. The molecule has 3 aromatic carbocycles. The van der Waals surface area contributed by atoms with Crippen molar-refractivity contribution in [3.05, 3.63) is 100 Å². The zero-order valence-corrected chi connectivity index (χ0v) is 23.2. The van der Waals surface area contributed by atoms with Crippen LogP contribution in [0.2, 0.25) is 5.02 Å². The molecule has 0 amide bonds. The van der Waals surface area contributed by atoms with Crippen molar-refractivity contribution >= 4 is 73.8 Å². The van der Waals surface area contributed by atoms with Crippen LogP contribution in [0.15, 0.2) is 69.8 Å². The Morgan fingerprint density at radius 3 is 2.72 bits per heavy atom. The predicted octanol–water partition coefficient (Wildman–Crippen LogP) is 6.94. The van der Waals surface area contributed by atoms with E-state index >= 15 is 0 Å². The van der Waals surface area contributed by atoms with Crippen molar-refractivity contribution in [3.63, 3.8) is 0 Å². The molecule has 8 nitrogen and oxygen atoms in total. The maximum absolute atomic E-state index is 12.5. The number of nitrogens with zero attached hydrogens (tertiary/aromatic N) is 2. The summed E-state index contributed by atoms with van der Waals surface area (Å²) in [6, 6.07) is 15.2. The molecular formula is C25H17BrClIN2O6. The number of hydrogen-bond donors (Lipinski definition) is 0. The molecule has 0 fully saturated rings. The molecule has 1 aliphatic rings. The number of cyclic esters (lactones) is 1. The van der Waals surface area contributed by atoms with Gasteiger partial charge in [-0.25, -0.2) is 9.79 Å². The third-order valence-corrected chi connectivity index (χ3v) is 6.54. The zero-order chi connectivity index (χ0) is 25.8. The van der Waals surface area contributed by atoms with E-state index in [1.165, 1.54) is 18.2 Å². The lowest BCUT2D eigenvalue weighted by Crippen LogP contribution is -2.06. The number of carbonyl (C=O) groups is 1. The number of nitro benzene ring substituents is 1. The molecule has 4 rings (SSSR count). The second-order valence-corrected chi connectivity index (χ2v) is 9.92. The van der Waals surface area contributed by atoms with Gasteiger partial charge < -0.3 is 14.2 Å². The fourth-order valence-corrected chi connectivity index (χ4v) is 4.76. The largest absolute Gasteiger partial charge is 0.490 e. The Bertz CT molecular complexity index is 1430. The predicted molar refractivity (Wildman–Crippen MR) is 148 cm³/mol. The Kier molecular flexibility index (Phi) is 8.27. The molecule has 36 heavy (non-hydrogen) atoms. The summed E-state index contributed by atoms with van der Waals surface area (Å²) in [5, 5.41) is 11.3. The number of benzene rings is 3. The summed E-state index contributed by atoms with van der Waals surface area (Å²) in [6.45, 7) is 2.63. The first kappa shape index (κ1) is 26.1. The van der Waals surface area contributed by atoms with Crippen LogP contribution in [0.5, 0.6) is 11.5 Å². The third kappa shape index (κ3) is 6.05. The SMILES string of the molecule is CCOc1cc(/C=C2\N=C(c3cc([N+](=O)[O-])ccc3Cl)OC2=O)cc(I)c1OCc1cccc(Br)c1. The van der Waals surface area contributed by atoms with Gasteiger partial charge in [-0.1, -0.05) is 39.7 Å². The first-order chi connectivity index (χ1) is 17.2. The van der Waals surface area contributed by atoms with Crippen molar-refractivity contribution in [2.75, 3.05) is 6.61 Å². The average molecular weight is 684 g/mol. The quantitative estimate of drug-likeness (QED) is 0.0839. The number of halogens is 3. The summed E-state index contributed by atoms with van der Waals surface area (Å²) in [7, 11) is 0. The monoisotopic (exact) mass is 682 g/mol. The number of nitro groups is 1. The molecule has 1 heterocycles. The summed E-state index contributed by atoms with van der Waals surface area (Å²) in [5.41, 5.74) is 1.61. The lowest BCUT2D eigenvalue weighted by molar-refractivity contribution is -0.384. The highest BCUT2D eigenvalue weighted by molar-refractivity contribution is 14.1. The van der Waals surface area contributed by atoms with Gasteiger partial charge in [0.15, 0.2) is 17.2 Å². The highest BCUT2D eigenvalue weighted by atomic mass is 127. The van der Waals surface area contributed by atoms with Crippen LogP contribution < -0.4 is 9.47 Å². The van der Waals surface area contributed by atoms with Gasteiger partial charge in [-0.2, -0.15) is 0 Å². The summed E-state index contributed by atoms with van der Waals surface area (Å²) < 4.78 is 18.9. The molecule has 3 aromatic rings. The highest BCUT2D eigenvalue weighted by Gasteiger charge is 2.27. The maximum atomic E-state index is 12.5. The van der Waals surface area contributed by atoms with E-state index in [9.17, 15) is 14.9 Å². The second-order valence-electron chi connectivity index (χ2n) is 7.44. The van der Waals surface area contributed by atoms with E-state index in [0.29, 0.717) is 30.3 Å². The number of rotatable bonds is 8. The van der Waals surface area contributed by atoms with Crippen LogP contribution in [0.25, 0.3) is 6.08 Å². The van der Waals surface area contributed by atoms with Gasteiger partial charge >= 0.3 is 5.97 Å². The standard InChI is InChI=1S/C25H17BrClIN2O6/c1-2-34-22-11-15(9-20(28)23(22)35-13-14-4-3-5-16(26)8-14)10-21-25(31)36-24(29-21)18-12-17(30(32)33)6-7-19(18)27/h3-12H,2,13H2,1H3/b21-10-. The fourth-order valence-electron chi connectivity index (χ4n) is 3.33. The number of non-ortho nitro benzene ring substituents is 1. The molecule has 0 unspecified atom stereocenters. The molecule has 0 aliphatic carbocycles. The van der Waals surface area contributed by atoms with Gasteiger partial charge in [-0.3, -0.25) is 10.1 Å². The number of carbonyl (C=O) groups excluding carboxylic acids is 1. The van der Waals surface area contributed by atoms with Crippen molar-refractivity contribution in [2.24, 2.45) is 4.99 Å².